The first kappa shape index (κ1) is 15.4. The molecule has 0 saturated heterocycles. The van der Waals surface area contributed by atoms with Crippen molar-refractivity contribution >= 4 is 42.9 Å². The molecule has 20 heavy (non-hydrogen) atoms. The van der Waals surface area contributed by atoms with Crippen LogP contribution in [0.2, 0.25) is 10.0 Å². The number of ether oxygens (including phenoxy) is 1. The summed E-state index contributed by atoms with van der Waals surface area (Å²) in [4.78, 5) is 3.83. The number of nitrogens with zero attached hydrogens (tertiary/aromatic N) is 2. The second kappa shape index (κ2) is 5.81. The zero-order valence-corrected chi connectivity index (χ0v) is 13.3. The van der Waals surface area contributed by atoms with Crippen molar-refractivity contribution in [1.82, 2.24) is 9.55 Å². The van der Waals surface area contributed by atoms with E-state index < -0.39 is 9.05 Å². The molecule has 0 aliphatic heterocycles. The lowest BCUT2D eigenvalue weighted by atomic mass is 10.3. The third kappa shape index (κ3) is 3.38. The van der Waals surface area contributed by atoms with Crippen molar-refractivity contribution in [2.75, 3.05) is 0 Å². The van der Waals surface area contributed by atoms with E-state index in [2.05, 4.69) is 4.98 Å². The summed E-state index contributed by atoms with van der Waals surface area (Å²) < 4.78 is 29.8. The van der Waals surface area contributed by atoms with Crippen molar-refractivity contribution < 1.29 is 13.2 Å². The molecule has 0 N–H and O–H groups in total. The fourth-order valence-electron chi connectivity index (χ4n) is 1.49. The molecule has 1 heterocycles. The topological polar surface area (TPSA) is 61.2 Å². The summed E-state index contributed by atoms with van der Waals surface area (Å²) in [5.41, 5.74) is 0. The van der Waals surface area contributed by atoms with E-state index in [1.807, 2.05) is 7.05 Å². The molecule has 0 spiro atoms. The monoisotopic (exact) mass is 354 g/mol. The predicted octanol–water partition coefficient (Wildman–Crippen LogP) is 3.23. The van der Waals surface area contributed by atoms with Crippen molar-refractivity contribution in [3.05, 3.63) is 40.4 Å². The normalized spacial score (nSPS) is 11.6. The smallest absolute Gasteiger partial charge is 0.262 e. The van der Waals surface area contributed by atoms with Gasteiger partial charge in [0, 0.05) is 36.2 Å². The van der Waals surface area contributed by atoms with E-state index in [4.69, 9.17) is 38.6 Å². The van der Waals surface area contributed by atoms with Crippen LogP contribution in [-0.4, -0.2) is 18.0 Å². The Morgan fingerprint density at radius 1 is 1.30 bits per heavy atom. The molecule has 0 unspecified atom stereocenters. The van der Waals surface area contributed by atoms with Crippen LogP contribution in [0.3, 0.4) is 0 Å². The fourth-order valence-corrected chi connectivity index (χ4v) is 3.28. The Morgan fingerprint density at radius 3 is 2.55 bits per heavy atom. The number of imidazole rings is 1. The van der Waals surface area contributed by atoms with Crippen LogP contribution in [0.25, 0.3) is 0 Å². The molecule has 0 aliphatic carbocycles. The largest absolute Gasteiger partial charge is 0.484 e. The molecule has 0 atom stereocenters. The molecular weight excluding hydrogens is 347 g/mol. The van der Waals surface area contributed by atoms with Crippen molar-refractivity contribution in [1.29, 1.82) is 0 Å². The van der Waals surface area contributed by atoms with Crippen LogP contribution in [0.1, 0.15) is 5.82 Å². The number of aromatic nitrogens is 2. The first-order valence-corrected chi connectivity index (χ1v) is 8.38. The maximum absolute atomic E-state index is 11.3. The van der Waals surface area contributed by atoms with Gasteiger partial charge in [-0.05, 0) is 6.07 Å². The van der Waals surface area contributed by atoms with Gasteiger partial charge in [-0.15, -0.1) is 0 Å². The number of hydrogen-bond donors (Lipinski definition) is 0. The van der Waals surface area contributed by atoms with Crippen LogP contribution in [0.4, 0.5) is 0 Å². The Kier molecular flexibility index (Phi) is 4.49. The second-order valence-electron chi connectivity index (χ2n) is 3.89. The number of halogens is 3. The van der Waals surface area contributed by atoms with E-state index in [1.54, 1.807) is 17.0 Å². The van der Waals surface area contributed by atoms with Crippen LogP contribution in [0.15, 0.2) is 29.4 Å². The van der Waals surface area contributed by atoms with E-state index in [9.17, 15) is 8.42 Å². The van der Waals surface area contributed by atoms with E-state index in [0.29, 0.717) is 5.82 Å². The highest BCUT2D eigenvalue weighted by atomic mass is 35.7. The van der Waals surface area contributed by atoms with Gasteiger partial charge >= 0.3 is 0 Å². The highest BCUT2D eigenvalue weighted by Gasteiger charge is 2.18. The summed E-state index contributed by atoms with van der Waals surface area (Å²) in [5.74, 6) is 0.940. The molecule has 1 aromatic carbocycles. The number of hydrogen-bond acceptors (Lipinski definition) is 4. The third-order valence-electron chi connectivity index (χ3n) is 2.53. The average molecular weight is 356 g/mol. The molecule has 108 valence electrons. The summed E-state index contributed by atoms with van der Waals surface area (Å²) in [6.45, 7) is 0.173. The van der Waals surface area contributed by atoms with Crippen molar-refractivity contribution in [3.63, 3.8) is 0 Å². The molecule has 0 fully saturated rings. The zero-order valence-electron chi connectivity index (χ0n) is 10.2. The van der Waals surface area contributed by atoms with Gasteiger partial charge in [0.15, 0.2) is 0 Å². The number of aryl methyl sites for hydroxylation is 1. The Bertz CT molecular complexity index is 743. The van der Waals surface area contributed by atoms with Gasteiger partial charge in [-0.2, -0.15) is 0 Å². The Balaban J connectivity index is 2.26. The lowest BCUT2D eigenvalue weighted by molar-refractivity contribution is 0.292. The summed E-state index contributed by atoms with van der Waals surface area (Å²) in [5, 5.41) is 0.0436. The minimum absolute atomic E-state index is 0.0563. The highest BCUT2D eigenvalue weighted by Crippen LogP contribution is 2.35. The van der Waals surface area contributed by atoms with E-state index in [-0.39, 0.29) is 27.3 Å². The van der Waals surface area contributed by atoms with Gasteiger partial charge in [-0.1, -0.05) is 23.2 Å². The SMILES string of the molecule is Cn1ccnc1COc1cc(Cl)c(S(=O)(=O)Cl)cc1Cl. The molecule has 0 amide bonds. The van der Waals surface area contributed by atoms with Crippen molar-refractivity contribution in [3.8, 4) is 5.75 Å². The van der Waals surface area contributed by atoms with E-state index >= 15 is 0 Å². The quantitative estimate of drug-likeness (QED) is 0.790. The summed E-state index contributed by atoms with van der Waals surface area (Å²) in [6, 6.07) is 2.46. The van der Waals surface area contributed by atoms with Gasteiger partial charge in [0.2, 0.25) is 0 Å². The van der Waals surface area contributed by atoms with Gasteiger partial charge in [-0.3, -0.25) is 0 Å². The first-order chi connectivity index (χ1) is 9.29. The van der Waals surface area contributed by atoms with Crippen LogP contribution in [-0.2, 0) is 22.7 Å². The van der Waals surface area contributed by atoms with E-state index in [1.165, 1.54) is 6.07 Å². The van der Waals surface area contributed by atoms with Crippen LogP contribution >= 0.6 is 33.9 Å². The maximum Gasteiger partial charge on any atom is 0.262 e. The van der Waals surface area contributed by atoms with Gasteiger partial charge in [0.25, 0.3) is 9.05 Å². The second-order valence-corrected chi connectivity index (χ2v) is 7.24. The van der Waals surface area contributed by atoms with Gasteiger partial charge < -0.3 is 9.30 Å². The number of benzene rings is 1. The Morgan fingerprint density at radius 2 is 2.00 bits per heavy atom. The van der Waals surface area contributed by atoms with Crippen LogP contribution in [0, 0.1) is 0 Å². The molecule has 0 aliphatic rings. The molecule has 5 nitrogen and oxygen atoms in total. The predicted molar refractivity (Wildman–Crippen MR) is 77.0 cm³/mol. The summed E-state index contributed by atoms with van der Waals surface area (Å²) in [6.07, 6.45) is 3.41. The lowest BCUT2D eigenvalue weighted by Gasteiger charge is -2.10. The molecule has 2 rings (SSSR count). The number of rotatable bonds is 4. The molecule has 1 aromatic heterocycles. The Hall–Kier alpha value is -0.950. The summed E-state index contributed by atoms with van der Waals surface area (Å²) in [7, 11) is 3.11. The minimum atomic E-state index is -3.95. The standard InChI is InChI=1S/C11H9Cl3N2O3S/c1-16-3-2-15-11(16)6-19-9-4-8(13)10(5-7(9)12)20(14,17)18/h2-5H,6H2,1H3. The molecule has 0 radical (unpaired) electrons. The maximum atomic E-state index is 11.3. The molecular formula is C11H9Cl3N2O3S. The van der Waals surface area contributed by atoms with Crippen LogP contribution < -0.4 is 4.74 Å². The molecule has 9 heteroatoms. The van der Waals surface area contributed by atoms with Gasteiger partial charge in [0.1, 0.15) is 23.1 Å². The van der Waals surface area contributed by atoms with E-state index in [0.717, 1.165) is 6.07 Å². The van der Waals surface area contributed by atoms with Crippen LogP contribution in [0.5, 0.6) is 5.75 Å². The Labute approximate surface area is 130 Å². The first-order valence-electron chi connectivity index (χ1n) is 5.31. The molecule has 2 aromatic rings. The summed E-state index contributed by atoms with van der Waals surface area (Å²) >= 11 is 11.8. The fraction of sp³-hybridized carbons (Fsp3) is 0.182. The van der Waals surface area contributed by atoms with Gasteiger partial charge in [-0.25, -0.2) is 13.4 Å². The average Bonchev–Trinajstić information content (AvgIpc) is 2.74. The molecule has 0 bridgehead atoms. The highest BCUT2D eigenvalue weighted by molar-refractivity contribution is 8.13. The molecule has 0 saturated carbocycles. The van der Waals surface area contributed by atoms with Crippen molar-refractivity contribution in [2.24, 2.45) is 7.05 Å². The third-order valence-corrected chi connectivity index (χ3v) is 4.61. The lowest BCUT2D eigenvalue weighted by Crippen LogP contribution is -2.03. The van der Waals surface area contributed by atoms with Gasteiger partial charge in [0.05, 0.1) is 10.0 Å². The zero-order chi connectivity index (χ0) is 14.9. The van der Waals surface area contributed by atoms with Crippen molar-refractivity contribution in [2.45, 2.75) is 11.5 Å². The minimum Gasteiger partial charge on any atom is -0.484 e.